The molecule has 0 aliphatic carbocycles. The van der Waals surface area contributed by atoms with Crippen LogP contribution in [0.3, 0.4) is 0 Å². The van der Waals surface area contributed by atoms with Crippen LogP contribution in [-0.4, -0.2) is 25.6 Å². The molecule has 5 nitrogen and oxygen atoms in total. The summed E-state index contributed by atoms with van der Waals surface area (Å²) in [6, 6.07) is 12.4. The van der Waals surface area contributed by atoms with Crippen LogP contribution in [-0.2, 0) is 9.53 Å². The van der Waals surface area contributed by atoms with E-state index in [9.17, 15) is 14.0 Å². The quantitative estimate of drug-likeness (QED) is 0.534. The molecule has 2 aromatic carbocycles. The second-order valence-electron chi connectivity index (χ2n) is 6.03. The molecule has 0 spiro atoms. The van der Waals surface area contributed by atoms with Crippen molar-refractivity contribution in [3.8, 4) is 16.9 Å². The third-order valence-electron chi connectivity index (χ3n) is 4.04. The molecule has 3 rings (SSSR count). The zero-order valence-electron chi connectivity index (χ0n) is 15.6. The highest BCUT2D eigenvalue weighted by Gasteiger charge is 2.25. The number of aryl methyl sites for hydroxylation is 1. The Kier molecular flexibility index (Phi) is 6.51. The van der Waals surface area contributed by atoms with Gasteiger partial charge in [-0.25, -0.2) is 9.18 Å². The molecule has 0 radical (unpaired) electrons. The Morgan fingerprint density at radius 1 is 1.10 bits per heavy atom. The number of amides is 1. The van der Waals surface area contributed by atoms with E-state index in [1.54, 1.807) is 36.4 Å². The molecule has 3 aromatic rings. The van der Waals surface area contributed by atoms with Gasteiger partial charge in [0.2, 0.25) is 0 Å². The molecule has 150 valence electrons. The van der Waals surface area contributed by atoms with Crippen LogP contribution >= 0.6 is 22.9 Å². The van der Waals surface area contributed by atoms with Crippen LogP contribution in [0.5, 0.6) is 5.75 Å². The second-order valence-corrected chi connectivity index (χ2v) is 7.69. The van der Waals surface area contributed by atoms with Gasteiger partial charge in [-0.3, -0.25) is 4.79 Å². The lowest BCUT2D eigenvalue weighted by atomic mass is 10.0. The number of hydrogen-bond donors (Lipinski definition) is 1. The monoisotopic (exact) mass is 433 g/mol. The smallest absolute Gasteiger partial charge is 0.341 e. The van der Waals surface area contributed by atoms with Gasteiger partial charge in [-0.1, -0.05) is 23.7 Å². The highest BCUT2D eigenvalue weighted by molar-refractivity contribution is 7.17. The summed E-state index contributed by atoms with van der Waals surface area (Å²) in [5.74, 6) is -0.916. The molecule has 0 saturated heterocycles. The molecule has 1 aromatic heterocycles. The van der Waals surface area contributed by atoms with Gasteiger partial charge in [-0.05, 0) is 48.9 Å². The Morgan fingerprint density at radius 2 is 1.76 bits per heavy atom. The third kappa shape index (κ3) is 4.93. The van der Waals surface area contributed by atoms with Gasteiger partial charge in [-0.2, -0.15) is 0 Å². The predicted molar refractivity (Wildman–Crippen MR) is 111 cm³/mol. The van der Waals surface area contributed by atoms with Crippen LogP contribution in [0.15, 0.2) is 48.5 Å². The largest absolute Gasteiger partial charge is 0.484 e. The van der Waals surface area contributed by atoms with Crippen molar-refractivity contribution >= 4 is 39.8 Å². The minimum atomic E-state index is -0.595. The van der Waals surface area contributed by atoms with Gasteiger partial charge >= 0.3 is 5.97 Å². The fourth-order valence-corrected chi connectivity index (χ4v) is 3.94. The molecule has 1 heterocycles. The molecule has 0 aliphatic heterocycles. The van der Waals surface area contributed by atoms with Crippen molar-refractivity contribution in [1.29, 1.82) is 0 Å². The van der Waals surface area contributed by atoms with Crippen LogP contribution in [0.4, 0.5) is 9.39 Å². The molecule has 8 heteroatoms. The van der Waals surface area contributed by atoms with Crippen molar-refractivity contribution in [3.05, 3.63) is 69.8 Å². The van der Waals surface area contributed by atoms with E-state index in [1.807, 2.05) is 6.92 Å². The van der Waals surface area contributed by atoms with Crippen molar-refractivity contribution < 1.29 is 23.5 Å². The number of halogens is 2. The number of ether oxygens (including phenoxy) is 2. The summed E-state index contributed by atoms with van der Waals surface area (Å²) < 4.78 is 23.6. The van der Waals surface area contributed by atoms with E-state index < -0.39 is 11.9 Å². The number of nitrogens with one attached hydrogen (secondary N) is 1. The van der Waals surface area contributed by atoms with E-state index in [0.717, 1.165) is 4.88 Å². The van der Waals surface area contributed by atoms with E-state index in [2.05, 4.69) is 5.32 Å². The molecule has 29 heavy (non-hydrogen) atoms. The van der Waals surface area contributed by atoms with Gasteiger partial charge in [-0.15, -0.1) is 11.3 Å². The van der Waals surface area contributed by atoms with Crippen LogP contribution in [0.25, 0.3) is 11.1 Å². The van der Waals surface area contributed by atoms with E-state index in [0.29, 0.717) is 26.9 Å². The second kappa shape index (κ2) is 9.07. The lowest BCUT2D eigenvalue weighted by Crippen LogP contribution is -2.21. The molecule has 0 fully saturated rings. The lowest BCUT2D eigenvalue weighted by Gasteiger charge is -2.09. The molecular formula is C21H17ClFNO4S. The first-order chi connectivity index (χ1) is 13.9. The molecule has 0 atom stereocenters. The van der Waals surface area contributed by atoms with Crippen molar-refractivity contribution in [2.45, 2.75) is 6.92 Å². The van der Waals surface area contributed by atoms with Crippen LogP contribution in [0.1, 0.15) is 15.2 Å². The summed E-state index contributed by atoms with van der Waals surface area (Å²) in [7, 11) is 1.26. The fraction of sp³-hybridized carbons (Fsp3) is 0.143. The Bertz CT molecular complexity index is 1030. The number of anilines is 1. The molecule has 1 N–H and O–H groups in total. The van der Waals surface area contributed by atoms with Gasteiger partial charge in [0, 0.05) is 15.5 Å². The van der Waals surface area contributed by atoms with E-state index in [1.165, 1.54) is 30.6 Å². The Morgan fingerprint density at radius 3 is 2.38 bits per heavy atom. The van der Waals surface area contributed by atoms with E-state index in [-0.39, 0.29) is 18.0 Å². The number of thiophene rings is 1. The maximum Gasteiger partial charge on any atom is 0.341 e. The van der Waals surface area contributed by atoms with Crippen LogP contribution in [0, 0.1) is 12.7 Å². The molecule has 0 aliphatic rings. The minimum Gasteiger partial charge on any atom is -0.484 e. The van der Waals surface area contributed by atoms with Gasteiger partial charge in [0.25, 0.3) is 5.91 Å². The number of hydrogen-bond acceptors (Lipinski definition) is 5. The van der Waals surface area contributed by atoms with Crippen molar-refractivity contribution in [2.24, 2.45) is 0 Å². The number of methoxy groups -OCH3 is 1. The van der Waals surface area contributed by atoms with Crippen molar-refractivity contribution in [3.63, 3.8) is 0 Å². The average molecular weight is 434 g/mol. The van der Waals surface area contributed by atoms with Crippen LogP contribution < -0.4 is 10.1 Å². The predicted octanol–water partition coefficient (Wildman–Crippen LogP) is 5.32. The van der Waals surface area contributed by atoms with Crippen LogP contribution in [0.2, 0.25) is 5.02 Å². The molecule has 0 bridgehead atoms. The lowest BCUT2D eigenvalue weighted by molar-refractivity contribution is -0.118. The molecular weight excluding hydrogens is 417 g/mol. The number of benzene rings is 2. The van der Waals surface area contributed by atoms with Gasteiger partial charge < -0.3 is 14.8 Å². The molecule has 0 unspecified atom stereocenters. The first-order valence-electron chi connectivity index (χ1n) is 8.55. The molecule has 0 saturated carbocycles. The fourth-order valence-electron chi connectivity index (χ4n) is 2.74. The summed E-state index contributed by atoms with van der Waals surface area (Å²) in [4.78, 5) is 25.6. The Hall–Kier alpha value is -2.90. The maximum atomic E-state index is 13.3. The van der Waals surface area contributed by atoms with Gasteiger partial charge in [0.1, 0.15) is 22.1 Å². The highest BCUT2D eigenvalue weighted by atomic mass is 35.5. The highest BCUT2D eigenvalue weighted by Crippen LogP contribution is 2.40. The summed E-state index contributed by atoms with van der Waals surface area (Å²) in [5, 5.41) is 3.61. The normalized spacial score (nSPS) is 10.5. The number of carbonyl (C=O) groups is 2. The zero-order chi connectivity index (χ0) is 21.0. The summed E-state index contributed by atoms with van der Waals surface area (Å²) in [5.41, 5.74) is 1.47. The van der Waals surface area contributed by atoms with E-state index in [4.69, 9.17) is 21.1 Å². The van der Waals surface area contributed by atoms with E-state index >= 15 is 0 Å². The number of rotatable bonds is 6. The summed E-state index contributed by atoms with van der Waals surface area (Å²) >= 11 is 7.06. The molecule has 1 amide bonds. The SMILES string of the molecule is COC(=O)c1c(NC(=O)COc2ccc(Cl)cc2)sc(C)c1-c1ccc(F)cc1. The van der Waals surface area contributed by atoms with Crippen molar-refractivity contribution in [1.82, 2.24) is 0 Å². The van der Waals surface area contributed by atoms with Crippen molar-refractivity contribution in [2.75, 3.05) is 19.0 Å². The standard InChI is InChI=1S/C21H17ClFNO4S/c1-12-18(13-3-7-15(23)8-4-13)19(21(26)27-2)20(29-12)24-17(25)11-28-16-9-5-14(22)6-10-16/h3-10H,11H2,1-2H3,(H,24,25). The minimum absolute atomic E-state index is 0.224. The number of esters is 1. The first-order valence-corrected chi connectivity index (χ1v) is 9.74. The summed E-state index contributed by atoms with van der Waals surface area (Å²) in [6.45, 7) is 1.57. The van der Waals surface area contributed by atoms with Gasteiger partial charge in [0.05, 0.1) is 7.11 Å². The average Bonchev–Trinajstić information content (AvgIpc) is 3.03. The topological polar surface area (TPSA) is 64.6 Å². The maximum absolute atomic E-state index is 13.3. The number of carbonyl (C=O) groups excluding carboxylic acids is 2. The Labute approximate surface area is 176 Å². The van der Waals surface area contributed by atoms with Gasteiger partial charge in [0.15, 0.2) is 6.61 Å². The zero-order valence-corrected chi connectivity index (χ0v) is 17.2. The third-order valence-corrected chi connectivity index (χ3v) is 5.32. The Balaban J connectivity index is 1.83. The first kappa shape index (κ1) is 20.8. The summed E-state index contributed by atoms with van der Waals surface area (Å²) in [6.07, 6.45) is 0.